The second kappa shape index (κ2) is 10.3. The second-order valence-electron chi connectivity index (χ2n) is 10.6. The molecule has 0 amide bonds. The predicted molar refractivity (Wildman–Crippen MR) is 182 cm³/mol. The van der Waals surface area contributed by atoms with Crippen LogP contribution < -0.4 is 0 Å². The van der Waals surface area contributed by atoms with E-state index in [4.69, 9.17) is 30.3 Å². The number of nitriles is 1. The van der Waals surface area contributed by atoms with Crippen molar-refractivity contribution in [2.75, 3.05) is 0 Å². The molecule has 0 atom stereocenters. The lowest BCUT2D eigenvalue weighted by Gasteiger charge is -2.11. The molecule has 3 heterocycles. The van der Waals surface area contributed by atoms with Crippen LogP contribution in [0.3, 0.4) is 0 Å². The Morgan fingerprint density at radius 2 is 1.20 bits per heavy atom. The molecule has 9 aromatic rings. The highest BCUT2D eigenvalue weighted by Gasteiger charge is 2.18. The Morgan fingerprint density at radius 1 is 0.565 bits per heavy atom. The zero-order chi connectivity index (χ0) is 37.6. The number of furan rings is 1. The third kappa shape index (κ3) is 4.15. The maximum atomic E-state index is 9.30. The number of para-hydroxylation sites is 3. The normalized spacial score (nSPS) is 13.9. The van der Waals surface area contributed by atoms with Crippen LogP contribution in [0.15, 0.2) is 144 Å². The SMILES string of the molecule is [2H]c1c([2H])c([2H])c2c(c1[2H])c1c([2H])c([2H])c([2H])c([2H])c1n2-c1nc(-c2cccc(-c3ccc(C#N)cc3)c2)nc(-c2ccc3c(c2)oc2ccccc23)n1. The minimum atomic E-state index is -0.549. The molecule has 0 radical (unpaired) electrons. The summed E-state index contributed by atoms with van der Waals surface area (Å²) in [7, 11) is 0. The van der Waals surface area contributed by atoms with E-state index in [9.17, 15) is 5.26 Å². The molecule has 9 rings (SSSR count). The molecular formula is C40H23N5O. The second-order valence-corrected chi connectivity index (χ2v) is 10.6. The van der Waals surface area contributed by atoms with Gasteiger partial charge in [-0.05, 0) is 59.6 Å². The van der Waals surface area contributed by atoms with Crippen molar-refractivity contribution in [2.45, 2.75) is 0 Å². The summed E-state index contributed by atoms with van der Waals surface area (Å²) in [6, 6.07) is 25.8. The molecule has 0 unspecified atom stereocenters. The van der Waals surface area contributed by atoms with Crippen LogP contribution >= 0.6 is 0 Å². The molecule has 0 aliphatic rings. The van der Waals surface area contributed by atoms with Crippen LogP contribution in [0.1, 0.15) is 16.5 Å². The molecule has 0 saturated heterocycles. The lowest BCUT2D eigenvalue weighted by atomic mass is 10.0. The number of fused-ring (bicyclic) bond motifs is 6. The van der Waals surface area contributed by atoms with E-state index in [1.165, 1.54) is 4.57 Å². The van der Waals surface area contributed by atoms with E-state index in [1.54, 1.807) is 18.2 Å². The van der Waals surface area contributed by atoms with Crippen LogP contribution in [-0.2, 0) is 0 Å². The van der Waals surface area contributed by atoms with Crippen LogP contribution in [0.4, 0.5) is 0 Å². The molecule has 6 heteroatoms. The van der Waals surface area contributed by atoms with Crippen LogP contribution in [0.5, 0.6) is 0 Å². The van der Waals surface area contributed by atoms with Crippen molar-refractivity contribution in [1.29, 1.82) is 5.26 Å². The van der Waals surface area contributed by atoms with E-state index in [2.05, 4.69) is 6.07 Å². The molecule has 3 aromatic heterocycles. The fraction of sp³-hybridized carbons (Fsp3) is 0. The number of benzene rings is 6. The minimum absolute atomic E-state index is 0.0852. The Balaban J connectivity index is 1.37. The standard InChI is InChI=1S/C40H23N5O/c41-24-25-16-18-26(19-17-25)27-8-7-9-28(22-27)38-42-39(29-20-21-33-32-12-3-6-15-36(32)46-37(33)23-29)44-40(43-38)45-34-13-4-1-10-30(34)31-11-2-5-14-35(31)45/h1-23H/i1D,2D,4D,5D,10D,11D,13D,14D. The van der Waals surface area contributed by atoms with Gasteiger partial charge in [-0.1, -0.05) is 90.9 Å². The van der Waals surface area contributed by atoms with Gasteiger partial charge in [-0.25, -0.2) is 4.98 Å². The highest BCUT2D eigenvalue weighted by molar-refractivity contribution is 6.09. The molecular weight excluding hydrogens is 566 g/mol. The van der Waals surface area contributed by atoms with Gasteiger partial charge in [-0.3, -0.25) is 4.57 Å². The van der Waals surface area contributed by atoms with Gasteiger partial charge in [0.05, 0.1) is 33.6 Å². The van der Waals surface area contributed by atoms with Crippen molar-refractivity contribution in [1.82, 2.24) is 19.5 Å². The number of rotatable bonds is 4. The molecule has 0 aliphatic carbocycles. The third-order valence-electron chi connectivity index (χ3n) is 7.96. The van der Waals surface area contributed by atoms with E-state index in [0.29, 0.717) is 27.9 Å². The summed E-state index contributed by atoms with van der Waals surface area (Å²) in [5.41, 5.74) is 4.35. The maximum Gasteiger partial charge on any atom is 0.238 e. The fourth-order valence-electron chi connectivity index (χ4n) is 5.78. The van der Waals surface area contributed by atoms with E-state index < -0.39 is 48.3 Å². The first-order valence-electron chi connectivity index (χ1n) is 18.4. The van der Waals surface area contributed by atoms with Crippen LogP contribution in [0, 0.1) is 11.3 Å². The van der Waals surface area contributed by atoms with E-state index in [1.807, 2.05) is 72.8 Å². The Kier molecular flexibility index (Phi) is 4.22. The van der Waals surface area contributed by atoms with Crippen LogP contribution in [-0.4, -0.2) is 19.5 Å². The number of nitrogens with zero attached hydrogens (tertiary/aromatic N) is 5. The monoisotopic (exact) mass is 597 g/mol. The van der Waals surface area contributed by atoms with Gasteiger partial charge in [0, 0.05) is 32.7 Å². The summed E-state index contributed by atoms with van der Waals surface area (Å²) in [6.07, 6.45) is 0. The Hall–Kier alpha value is -6.58. The summed E-state index contributed by atoms with van der Waals surface area (Å²) < 4.78 is 77.1. The van der Waals surface area contributed by atoms with Crippen molar-refractivity contribution in [3.05, 3.63) is 145 Å². The van der Waals surface area contributed by atoms with Gasteiger partial charge in [-0.15, -0.1) is 0 Å². The first-order valence-corrected chi connectivity index (χ1v) is 14.4. The minimum Gasteiger partial charge on any atom is -0.456 e. The maximum absolute atomic E-state index is 9.30. The quantitative estimate of drug-likeness (QED) is 0.202. The Bertz CT molecular complexity index is 3040. The molecule has 0 fully saturated rings. The molecule has 0 bridgehead atoms. The first-order chi connectivity index (χ1) is 26.0. The molecule has 0 saturated carbocycles. The summed E-state index contributed by atoms with van der Waals surface area (Å²) in [6.45, 7) is 0. The van der Waals surface area contributed by atoms with Gasteiger partial charge in [0.1, 0.15) is 11.2 Å². The molecule has 214 valence electrons. The molecule has 0 aliphatic heterocycles. The van der Waals surface area contributed by atoms with Crippen LogP contribution in [0.2, 0.25) is 0 Å². The highest BCUT2D eigenvalue weighted by Crippen LogP contribution is 2.35. The fourth-order valence-corrected chi connectivity index (χ4v) is 5.78. The summed E-state index contributed by atoms with van der Waals surface area (Å²) in [5, 5.41) is 10.9. The first kappa shape index (κ1) is 18.9. The molecule has 0 N–H and O–H groups in total. The number of aromatic nitrogens is 4. The molecule has 6 aromatic carbocycles. The van der Waals surface area contributed by atoms with Crippen molar-refractivity contribution < 1.29 is 15.4 Å². The Labute approximate surface area is 274 Å². The molecule has 6 nitrogen and oxygen atoms in total. The molecule has 0 spiro atoms. The average molecular weight is 598 g/mol. The van der Waals surface area contributed by atoms with Gasteiger partial charge in [0.2, 0.25) is 5.95 Å². The lowest BCUT2D eigenvalue weighted by molar-refractivity contribution is 0.669. The summed E-state index contributed by atoms with van der Waals surface area (Å²) in [5.74, 6) is 0.239. The number of hydrogen-bond acceptors (Lipinski definition) is 5. The summed E-state index contributed by atoms with van der Waals surface area (Å²) >= 11 is 0. The average Bonchev–Trinajstić information content (AvgIpc) is 3.77. The van der Waals surface area contributed by atoms with Crippen molar-refractivity contribution in [3.63, 3.8) is 0 Å². The van der Waals surface area contributed by atoms with E-state index in [-0.39, 0.29) is 39.4 Å². The summed E-state index contributed by atoms with van der Waals surface area (Å²) in [4.78, 5) is 14.6. The predicted octanol–water partition coefficient (Wildman–Crippen LogP) is 9.74. The van der Waals surface area contributed by atoms with Gasteiger partial charge >= 0.3 is 0 Å². The topological polar surface area (TPSA) is 80.5 Å². The zero-order valence-electron chi connectivity index (χ0n) is 31.8. The van der Waals surface area contributed by atoms with Gasteiger partial charge in [0.15, 0.2) is 11.6 Å². The largest absolute Gasteiger partial charge is 0.456 e. The third-order valence-corrected chi connectivity index (χ3v) is 7.96. The highest BCUT2D eigenvalue weighted by atomic mass is 16.3. The van der Waals surface area contributed by atoms with Gasteiger partial charge in [-0.2, -0.15) is 15.2 Å². The van der Waals surface area contributed by atoms with Crippen molar-refractivity contribution >= 4 is 43.7 Å². The van der Waals surface area contributed by atoms with Gasteiger partial charge < -0.3 is 4.42 Å². The van der Waals surface area contributed by atoms with Crippen molar-refractivity contribution in [3.8, 4) is 45.9 Å². The molecule has 46 heavy (non-hydrogen) atoms. The zero-order valence-corrected chi connectivity index (χ0v) is 23.8. The van der Waals surface area contributed by atoms with Crippen molar-refractivity contribution in [2.24, 2.45) is 0 Å². The van der Waals surface area contributed by atoms with Gasteiger partial charge in [0.25, 0.3) is 0 Å². The Morgan fingerprint density at radius 3 is 1.93 bits per heavy atom. The number of hydrogen-bond donors (Lipinski definition) is 0. The lowest BCUT2D eigenvalue weighted by Crippen LogP contribution is -2.06. The van der Waals surface area contributed by atoms with E-state index >= 15 is 0 Å². The van der Waals surface area contributed by atoms with E-state index in [0.717, 1.165) is 21.9 Å². The van der Waals surface area contributed by atoms with Crippen LogP contribution in [0.25, 0.3) is 83.6 Å². The smallest absolute Gasteiger partial charge is 0.238 e.